The molecule has 0 bridgehead atoms. The molecule has 3 rings (SSSR count). The van der Waals surface area contributed by atoms with E-state index in [0.29, 0.717) is 11.2 Å². The van der Waals surface area contributed by atoms with Gasteiger partial charge in [-0.3, -0.25) is 0 Å². The zero-order valence-corrected chi connectivity index (χ0v) is 10.6. The summed E-state index contributed by atoms with van der Waals surface area (Å²) in [7, 11) is 0. The van der Waals surface area contributed by atoms with Crippen LogP contribution in [0.25, 0.3) is 11.0 Å². The lowest BCUT2D eigenvalue weighted by molar-refractivity contribution is 0.477. The van der Waals surface area contributed by atoms with Crippen LogP contribution in [0, 0.1) is 6.92 Å². The highest BCUT2D eigenvalue weighted by molar-refractivity contribution is 6.30. The number of nitrogens with zero attached hydrogens (tertiary/aromatic N) is 4. The molecule has 0 spiro atoms. The van der Waals surface area contributed by atoms with Crippen LogP contribution in [0.3, 0.4) is 0 Å². The lowest BCUT2D eigenvalue weighted by Gasteiger charge is -2.39. The molecule has 17 heavy (non-hydrogen) atoms. The van der Waals surface area contributed by atoms with Gasteiger partial charge >= 0.3 is 0 Å². The monoisotopic (exact) mass is 248 g/mol. The molecule has 0 aliphatic carbocycles. The fourth-order valence-corrected chi connectivity index (χ4v) is 2.28. The molecule has 4 nitrogen and oxygen atoms in total. The average Bonchev–Trinajstić information content (AvgIpc) is 2.26. The van der Waals surface area contributed by atoms with Crippen molar-refractivity contribution in [3.63, 3.8) is 0 Å². The number of rotatable bonds is 1. The van der Waals surface area contributed by atoms with Crippen molar-refractivity contribution in [3.05, 3.63) is 23.1 Å². The van der Waals surface area contributed by atoms with E-state index in [4.69, 9.17) is 11.6 Å². The second kappa shape index (κ2) is 3.81. The molecule has 88 valence electrons. The fraction of sp³-hybridized carbons (Fsp3) is 0.417. The quantitative estimate of drug-likeness (QED) is 0.728. The number of aryl methyl sites for hydroxylation is 1. The maximum Gasteiger partial charge on any atom is 0.158 e. The highest BCUT2D eigenvalue weighted by Gasteiger charge is 2.27. The molecule has 0 aromatic carbocycles. The van der Waals surface area contributed by atoms with Crippen LogP contribution in [0.4, 0.5) is 5.82 Å². The average molecular weight is 249 g/mol. The van der Waals surface area contributed by atoms with Crippen molar-refractivity contribution in [2.75, 3.05) is 11.4 Å². The summed E-state index contributed by atoms with van der Waals surface area (Å²) in [6.45, 7) is 5.12. The van der Waals surface area contributed by atoms with Crippen molar-refractivity contribution in [3.8, 4) is 0 Å². The molecule has 5 heteroatoms. The second-order valence-corrected chi connectivity index (χ2v) is 4.87. The topological polar surface area (TPSA) is 41.9 Å². The molecule has 2 aromatic rings. The Morgan fingerprint density at radius 2 is 2.24 bits per heavy atom. The number of pyridine rings is 1. The number of halogens is 1. The second-order valence-electron chi connectivity index (χ2n) is 4.48. The molecule has 0 unspecified atom stereocenters. The van der Waals surface area contributed by atoms with Gasteiger partial charge in [-0.15, -0.1) is 0 Å². The Kier molecular flexibility index (Phi) is 2.40. The van der Waals surface area contributed by atoms with Crippen molar-refractivity contribution in [1.29, 1.82) is 0 Å². The Labute approximate surface area is 105 Å². The number of aromatic nitrogens is 3. The third-order valence-electron chi connectivity index (χ3n) is 3.19. The van der Waals surface area contributed by atoms with E-state index in [1.165, 1.54) is 6.42 Å². The van der Waals surface area contributed by atoms with Crippen molar-refractivity contribution in [2.45, 2.75) is 26.3 Å². The number of fused-ring (bicyclic) bond motifs is 1. The van der Waals surface area contributed by atoms with E-state index in [1.54, 1.807) is 12.3 Å². The van der Waals surface area contributed by atoms with Gasteiger partial charge in [0.05, 0.1) is 11.2 Å². The summed E-state index contributed by atoms with van der Waals surface area (Å²) in [6.07, 6.45) is 2.96. The molecule has 2 aromatic heterocycles. The molecule has 0 radical (unpaired) electrons. The van der Waals surface area contributed by atoms with E-state index < -0.39 is 0 Å². The molecule has 0 saturated carbocycles. The summed E-state index contributed by atoms with van der Waals surface area (Å²) in [5, 5.41) is 0.478. The summed E-state index contributed by atoms with van der Waals surface area (Å²) < 4.78 is 0. The van der Waals surface area contributed by atoms with Crippen LogP contribution in [-0.4, -0.2) is 27.5 Å². The number of hydrogen-bond acceptors (Lipinski definition) is 4. The van der Waals surface area contributed by atoms with Crippen molar-refractivity contribution in [2.24, 2.45) is 0 Å². The highest BCUT2D eigenvalue weighted by atomic mass is 35.5. The van der Waals surface area contributed by atoms with Crippen LogP contribution in [0.15, 0.2) is 12.3 Å². The van der Waals surface area contributed by atoms with E-state index in [-0.39, 0.29) is 0 Å². The van der Waals surface area contributed by atoms with E-state index in [2.05, 4.69) is 26.8 Å². The minimum Gasteiger partial charge on any atom is -0.352 e. The van der Waals surface area contributed by atoms with E-state index in [9.17, 15) is 0 Å². The fourth-order valence-electron chi connectivity index (χ4n) is 2.10. The van der Waals surface area contributed by atoms with Gasteiger partial charge in [0.1, 0.15) is 10.7 Å². The normalized spacial score (nSPS) is 19.5. The molecule has 1 saturated heterocycles. The standard InChI is InChI=1S/C12H13ClN4/c1-7-6-14-11-9(15-7)5-10(13)16-12(11)17-4-3-8(17)2/h5-6,8H,3-4H2,1-2H3/t8-/m0/s1. The first-order valence-corrected chi connectivity index (χ1v) is 6.09. The number of anilines is 1. The van der Waals surface area contributed by atoms with Crippen LogP contribution in [0.5, 0.6) is 0 Å². The minimum absolute atomic E-state index is 0.478. The minimum atomic E-state index is 0.478. The summed E-state index contributed by atoms with van der Waals surface area (Å²) in [5.41, 5.74) is 2.55. The lowest BCUT2D eigenvalue weighted by Crippen LogP contribution is -2.46. The lowest BCUT2D eigenvalue weighted by atomic mass is 10.1. The first kappa shape index (κ1) is 10.7. The van der Waals surface area contributed by atoms with Crippen LogP contribution in [-0.2, 0) is 0 Å². The molecule has 1 aliphatic rings. The van der Waals surface area contributed by atoms with Gasteiger partial charge in [0, 0.05) is 24.8 Å². The maximum absolute atomic E-state index is 6.04. The Morgan fingerprint density at radius 1 is 1.41 bits per heavy atom. The van der Waals surface area contributed by atoms with Gasteiger partial charge in [0.15, 0.2) is 5.82 Å². The molecule has 0 N–H and O–H groups in total. The van der Waals surface area contributed by atoms with E-state index in [0.717, 1.165) is 29.1 Å². The molecule has 1 atom stereocenters. The zero-order chi connectivity index (χ0) is 12.0. The maximum atomic E-state index is 6.04. The van der Waals surface area contributed by atoms with Gasteiger partial charge < -0.3 is 4.90 Å². The van der Waals surface area contributed by atoms with Gasteiger partial charge in [0.25, 0.3) is 0 Å². The molecule has 3 heterocycles. The van der Waals surface area contributed by atoms with Crippen molar-refractivity contribution >= 4 is 28.5 Å². The van der Waals surface area contributed by atoms with Gasteiger partial charge in [0.2, 0.25) is 0 Å². The summed E-state index contributed by atoms with van der Waals surface area (Å²) in [6, 6.07) is 2.28. The smallest absolute Gasteiger partial charge is 0.158 e. The highest BCUT2D eigenvalue weighted by Crippen LogP contribution is 2.31. The molecule has 0 amide bonds. The Balaban J connectivity index is 2.22. The van der Waals surface area contributed by atoms with Crippen molar-refractivity contribution in [1.82, 2.24) is 15.0 Å². The van der Waals surface area contributed by atoms with E-state index in [1.807, 2.05) is 6.92 Å². The first-order chi connectivity index (χ1) is 8.15. The van der Waals surface area contributed by atoms with E-state index >= 15 is 0 Å². The Morgan fingerprint density at radius 3 is 2.88 bits per heavy atom. The van der Waals surface area contributed by atoms with Crippen molar-refractivity contribution < 1.29 is 0 Å². The third-order valence-corrected chi connectivity index (χ3v) is 3.39. The molecular formula is C12H13ClN4. The van der Waals surface area contributed by atoms with Gasteiger partial charge in [-0.1, -0.05) is 11.6 Å². The van der Waals surface area contributed by atoms with Crippen LogP contribution < -0.4 is 4.90 Å². The summed E-state index contributed by atoms with van der Waals surface area (Å²) in [4.78, 5) is 15.5. The molecule has 1 fully saturated rings. The molecule has 1 aliphatic heterocycles. The molecular weight excluding hydrogens is 236 g/mol. The predicted octanol–water partition coefficient (Wildman–Crippen LogP) is 2.59. The summed E-state index contributed by atoms with van der Waals surface area (Å²) >= 11 is 6.04. The van der Waals surface area contributed by atoms with Gasteiger partial charge in [-0.25, -0.2) is 15.0 Å². The van der Waals surface area contributed by atoms with Crippen LogP contribution >= 0.6 is 11.6 Å². The number of hydrogen-bond donors (Lipinski definition) is 0. The zero-order valence-electron chi connectivity index (χ0n) is 9.81. The largest absolute Gasteiger partial charge is 0.352 e. The van der Waals surface area contributed by atoms with Gasteiger partial charge in [-0.05, 0) is 20.3 Å². The van der Waals surface area contributed by atoms with Crippen LogP contribution in [0.1, 0.15) is 19.0 Å². The summed E-state index contributed by atoms with van der Waals surface area (Å²) in [5.74, 6) is 0.860. The predicted molar refractivity (Wildman–Crippen MR) is 68.5 cm³/mol. The first-order valence-electron chi connectivity index (χ1n) is 5.71. The third kappa shape index (κ3) is 1.72. The SMILES string of the molecule is Cc1cnc2c(N3CC[C@@H]3C)nc(Cl)cc2n1. The van der Waals surface area contributed by atoms with Gasteiger partial charge in [-0.2, -0.15) is 0 Å². The Hall–Kier alpha value is -1.42. The van der Waals surface area contributed by atoms with Crippen LogP contribution in [0.2, 0.25) is 5.15 Å². The Bertz CT molecular complexity index is 579.